The quantitative estimate of drug-likeness (QED) is 0.0645. The summed E-state index contributed by atoms with van der Waals surface area (Å²) in [5.41, 5.74) is 6.98. The predicted octanol–water partition coefficient (Wildman–Crippen LogP) is 7.13. The van der Waals surface area contributed by atoms with Crippen LogP contribution < -0.4 is 11.1 Å². The summed E-state index contributed by atoms with van der Waals surface area (Å²) in [6.07, 6.45) is 16.5. The van der Waals surface area contributed by atoms with Crippen molar-refractivity contribution in [1.29, 1.82) is 0 Å². The van der Waals surface area contributed by atoms with E-state index in [0.29, 0.717) is 35.5 Å². The molecular formula is C41H65N3O9. The maximum atomic E-state index is 14.0. The Kier molecular flexibility index (Phi) is 21.0. The van der Waals surface area contributed by atoms with E-state index in [-0.39, 0.29) is 23.8 Å². The molecule has 1 aliphatic heterocycles. The van der Waals surface area contributed by atoms with Gasteiger partial charge in [0.15, 0.2) is 11.9 Å². The molecule has 0 fully saturated rings. The number of ether oxygens (including phenoxy) is 4. The number of ketones is 1. The fraction of sp³-hybridized carbons (Fsp3) is 0.659. The molecule has 1 heterocycles. The van der Waals surface area contributed by atoms with E-state index >= 15 is 0 Å². The van der Waals surface area contributed by atoms with Crippen LogP contribution in [0.25, 0.3) is 0 Å². The zero-order valence-corrected chi connectivity index (χ0v) is 33.3. The van der Waals surface area contributed by atoms with Gasteiger partial charge in [-0.05, 0) is 57.1 Å². The number of nitrogens with one attached hydrogen (secondary N) is 1. The van der Waals surface area contributed by atoms with Crippen molar-refractivity contribution in [3.05, 3.63) is 58.6 Å². The molecule has 6 atom stereocenters. The number of allylic oxidation sites excluding steroid dienone is 4. The molecule has 2 amide bonds. The van der Waals surface area contributed by atoms with E-state index in [0.717, 1.165) is 19.3 Å². The highest BCUT2D eigenvalue weighted by Crippen LogP contribution is 2.30. The molecule has 12 heteroatoms. The third kappa shape index (κ3) is 15.3. The van der Waals surface area contributed by atoms with Crippen LogP contribution in [-0.4, -0.2) is 81.0 Å². The molecule has 0 aromatic carbocycles. The van der Waals surface area contributed by atoms with Crippen LogP contribution in [0.2, 0.25) is 0 Å². The number of hydrogen-bond acceptors (Lipinski definition) is 10. The van der Waals surface area contributed by atoms with Crippen LogP contribution in [0.15, 0.2) is 63.7 Å². The Balaban J connectivity index is 2.41. The van der Waals surface area contributed by atoms with Gasteiger partial charge in [-0.1, -0.05) is 102 Å². The summed E-state index contributed by atoms with van der Waals surface area (Å²) in [4.78, 5) is 44.9. The van der Waals surface area contributed by atoms with Gasteiger partial charge in [-0.25, -0.2) is 4.79 Å². The number of amides is 2. The first-order valence-corrected chi connectivity index (χ1v) is 19.2. The number of carbonyl (C=O) groups excluding carboxylic acids is 3. The normalized spacial score (nSPS) is 28.3. The zero-order valence-electron chi connectivity index (χ0n) is 33.3. The van der Waals surface area contributed by atoms with Crippen molar-refractivity contribution in [3.8, 4) is 0 Å². The van der Waals surface area contributed by atoms with Crippen LogP contribution in [-0.2, 0) is 33.4 Å². The molecule has 4 N–H and O–H groups in total. The van der Waals surface area contributed by atoms with Gasteiger partial charge in [0.2, 0.25) is 5.78 Å². The van der Waals surface area contributed by atoms with Crippen LogP contribution in [0.1, 0.15) is 112 Å². The average Bonchev–Trinajstić information content (AvgIpc) is 3.12. The third-order valence-electron chi connectivity index (χ3n) is 9.71. The smallest absolute Gasteiger partial charge is 0.405 e. The van der Waals surface area contributed by atoms with Gasteiger partial charge in [0.1, 0.15) is 18.4 Å². The second-order valence-electron chi connectivity index (χ2n) is 14.2. The Hall–Kier alpha value is -3.74. The van der Waals surface area contributed by atoms with Crippen molar-refractivity contribution in [2.75, 3.05) is 27.9 Å². The summed E-state index contributed by atoms with van der Waals surface area (Å²) >= 11 is 0. The second-order valence-corrected chi connectivity index (χ2v) is 14.2. The first-order chi connectivity index (χ1) is 25.4. The molecule has 2 rings (SSSR count). The molecule has 0 aromatic rings. The molecule has 0 spiro atoms. The maximum absolute atomic E-state index is 14.0. The van der Waals surface area contributed by atoms with E-state index in [1.54, 1.807) is 38.2 Å². The fourth-order valence-corrected chi connectivity index (χ4v) is 6.63. The lowest BCUT2D eigenvalue weighted by atomic mass is 9.85. The number of nitrogens with zero attached hydrogens (tertiary/aromatic N) is 1. The van der Waals surface area contributed by atoms with Crippen LogP contribution in [0.5, 0.6) is 0 Å². The van der Waals surface area contributed by atoms with E-state index in [9.17, 15) is 19.5 Å². The topological polar surface area (TPSA) is 168 Å². The van der Waals surface area contributed by atoms with E-state index < -0.39 is 48.1 Å². The van der Waals surface area contributed by atoms with Crippen molar-refractivity contribution >= 4 is 23.5 Å². The van der Waals surface area contributed by atoms with Crippen LogP contribution in [0.3, 0.4) is 0 Å². The molecule has 2 aliphatic rings. The Morgan fingerprint density at radius 3 is 2.21 bits per heavy atom. The number of unbranched alkanes of at least 4 members (excludes halogenated alkanes) is 9. The number of carbonyl (C=O) groups is 3. The highest BCUT2D eigenvalue weighted by Gasteiger charge is 2.33. The number of rotatable bonds is 16. The second kappa shape index (κ2) is 24.6. The SMILES string of the molecule is CCCCCCCCCCCCO/N=C1\C=C2NC(=O)/C(C)=C/C=C\[C@H](OC)[C@@H](OC(N)=O)/C(C)=C/[C@H](C)[C@@H](O)[C@@H](OC)C[C@H](C)CC(=C1OC)C2=O. The summed E-state index contributed by atoms with van der Waals surface area (Å²) in [6, 6.07) is 0. The van der Waals surface area contributed by atoms with E-state index in [4.69, 9.17) is 29.5 Å². The molecule has 12 nitrogen and oxygen atoms in total. The Labute approximate surface area is 316 Å². The standard InChI is InChI=1S/C41H65N3O9/c1-9-10-11-12-13-14-15-16-17-18-22-52-44-33-26-32-37(46)31(39(33)51-8)23-27(2)24-35(50-7)36(45)29(4)25-30(5)38(53-41(42)48)34(49-6)21-19-20-28(3)40(47)43-32/h19-21,25-27,29,34-36,38,45H,9-18,22-24H2,1-8H3,(H2,42,48)(H,43,47)/b21-19-,28-20+,30-25+,44-33+/t27-,29+,34+,35+,36-,38+/m1/s1. The van der Waals surface area contributed by atoms with Gasteiger partial charge >= 0.3 is 6.09 Å². The number of hydrogen-bond donors (Lipinski definition) is 3. The number of nitrogens with two attached hydrogens (primary N) is 1. The molecule has 1 aliphatic carbocycles. The zero-order chi connectivity index (χ0) is 39.3. The predicted molar refractivity (Wildman–Crippen MR) is 207 cm³/mol. The minimum Gasteiger partial charge on any atom is -0.494 e. The first kappa shape index (κ1) is 45.4. The minimum atomic E-state index is -0.986. The van der Waals surface area contributed by atoms with E-state index in [2.05, 4.69) is 17.4 Å². The van der Waals surface area contributed by atoms with Crippen molar-refractivity contribution in [3.63, 3.8) is 0 Å². The number of methoxy groups -OCH3 is 3. The lowest BCUT2D eigenvalue weighted by Crippen LogP contribution is -2.37. The highest BCUT2D eigenvalue weighted by atomic mass is 16.6. The highest BCUT2D eigenvalue weighted by molar-refractivity contribution is 6.24. The number of Topliss-reactive ketones (excluding diaryl/α,β-unsaturated/α-hetero) is 1. The van der Waals surface area contributed by atoms with Gasteiger partial charge in [0, 0.05) is 31.3 Å². The molecule has 298 valence electrons. The van der Waals surface area contributed by atoms with Crippen molar-refractivity contribution in [1.82, 2.24) is 5.32 Å². The first-order valence-electron chi connectivity index (χ1n) is 19.2. The van der Waals surface area contributed by atoms with Crippen molar-refractivity contribution in [2.24, 2.45) is 22.7 Å². The number of fused-ring (bicyclic) bond motifs is 2. The molecule has 53 heavy (non-hydrogen) atoms. The third-order valence-corrected chi connectivity index (χ3v) is 9.71. The van der Waals surface area contributed by atoms with Gasteiger partial charge in [0.25, 0.3) is 5.91 Å². The van der Waals surface area contributed by atoms with Crippen molar-refractivity contribution < 1.29 is 43.3 Å². The Bertz CT molecular complexity index is 1380. The molecule has 0 radical (unpaired) electrons. The van der Waals surface area contributed by atoms with Gasteiger partial charge < -0.3 is 39.9 Å². The van der Waals surface area contributed by atoms with Gasteiger partial charge in [-0.2, -0.15) is 0 Å². The maximum Gasteiger partial charge on any atom is 0.405 e. The van der Waals surface area contributed by atoms with E-state index in [1.807, 2.05) is 13.8 Å². The number of oxime groups is 1. The summed E-state index contributed by atoms with van der Waals surface area (Å²) in [7, 11) is 4.46. The van der Waals surface area contributed by atoms with Gasteiger partial charge in [-0.3, -0.25) is 9.59 Å². The fourth-order valence-electron chi connectivity index (χ4n) is 6.63. The lowest BCUT2D eigenvalue weighted by molar-refractivity contribution is -0.119. The van der Waals surface area contributed by atoms with Crippen molar-refractivity contribution in [2.45, 2.75) is 136 Å². The summed E-state index contributed by atoms with van der Waals surface area (Å²) in [6.45, 7) is 9.80. The molecule has 0 saturated carbocycles. The van der Waals surface area contributed by atoms with E-state index in [1.165, 1.54) is 72.4 Å². The van der Waals surface area contributed by atoms with Gasteiger partial charge in [0.05, 0.1) is 25.0 Å². The Morgan fingerprint density at radius 2 is 1.62 bits per heavy atom. The molecule has 0 saturated heterocycles. The molecule has 0 unspecified atom stereocenters. The monoisotopic (exact) mass is 743 g/mol. The average molecular weight is 744 g/mol. The van der Waals surface area contributed by atoms with Gasteiger partial charge in [-0.15, -0.1) is 0 Å². The summed E-state index contributed by atoms with van der Waals surface area (Å²) in [5, 5.41) is 18.5. The molecule has 0 aromatic heterocycles. The lowest BCUT2D eigenvalue weighted by Gasteiger charge is -2.30. The minimum absolute atomic E-state index is 0.0374. The largest absolute Gasteiger partial charge is 0.494 e. The summed E-state index contributed by atoms with van der Waals surface area (Å²) in [5.74, 6) is -1.22. The Morgan fingerprint density at radius 1 is 0.981 bits per heavy atom. The molecular weight excluding hydrogens is 678 g/mol. The number of aliphatic hydroxyl groups excluding tert-OH is 1. The summed E-state index contributed by atoms with van der Waals surface area (Å²) < 4.78 is 22.6. The van der Waals surface area contributed by atoms with Crippen LogP contribution >= 0.6 is 0 Å². The van der Waals surface area contributed by atoms with Crippen LogP contribution in [0.4, 0.5) is 4.79 Å². The number of aliphatic hydroxyl groups is 1. The number of primary amides is 1. The molecule has 2 bridgehead atoms. The van der Waals surface area contributed by atoms with Crippen LogP contribution in [0, 0.1) is 11.8 Å².